The van der Waals surface area contributed by atoms with Gasteiger partial charge in [0, 0.05) is 6.07 Å². The molecule has 1 N–H and O–H groups in total. The molecule has 0 aliphatic carbocycles. The Morgan fingerprint density at radius 3 is 2.16 bits per heavy atom. The summed E-state index contributed by atoms with van der Waals surface area (Å²) in [6.45, 7) is 7.97. The maximum atomic E-state index is 13.9. The summed E-state index contributed by atoms with van der Waals surface area (Å²) in [5.74, 6) is 0.847. The Bertz CT molecular complexity index is 1360. The van der Waals surface area contributed by atoms with Gasteiger partial charge in [-0.3, -0.25) is 9.10 Å². The van der Waals surface area contributed by atoms with Crippen LogP contribution in [0.5, 0.6) is 17.2 Å². The molecule has 0 spiro atoms. The molecule has 0 saturated heterocycles. The normalized spacial score (nSPS) is 11.9. The fourth-order valence-corrected chi connectivity index (χ4v) is 5.50. The number of nitrogens with zero attached hydrogens (tertiary/aromatic N) is 1. The van der Waals surface area contributed by atoms with Crippen molar-refractivity contribution in [3.05, 3.63) is 77.4 Å². The highest BCUT2D eigenvalue weighted by atomic mass is 32.2. The molecule has 0 aliphatic rings. The van der Waals surface area contributed by atoms with Gasteiger partial charge >= 0.3 is 0 Å². The van der Waals surface area contributed by atoms with Crippen molar-refractivity contribution in [1.29, 1.82) is 0 Å². The number of aryl methyl sites for hydroxylation is 2. The fourth-order valence-electron chi connectivity index (χ4n) is 4.07. The number of hydrogen-bond acceptors (Lipinski definition) is 6. The van der Waals surface area contributed by atoms with Crippen LogP contribution in [0.25, 0.3) is 0 Å². The summed E-state index contributed by atoms with van der Waals surface area (Å²) in [7, 11) is -1.25. The Morgan fingerprint density at radius 1 is 0.895 bits per heavy atom. The van der Waals surface area contributed by atoms with Crippen LogP contribution in [0.3, 0.4) is 0 Å². The third-order valence-electron chi connectivity index (χ3n) is 6.34. The number of benzene rings is 3. The average Bonchev–Trinajstić information content (AvgIpc) is 2.92. The van der Waals surface area contributed by atoms with E-state index in [2.05, 4.69) is 5.32 Å². The first-order valence-corrected chi connectivity index (χ1v) is 13.9. The van der Waals surface area contributed by atoms with Gasteiger partial charge in [0.2, 0.25) is 5.91 Å². The maximum absolute atomic E-state index is 13.9. The third-order valence-corrected chi connectivity index (χ3v) is 8.11. The van der Waals surface area contributed by atoms with Crippen LogP contribution in [0.2, 0.25) is 0 Å². The summed E-state index contributed by atoms with van der Waals surface area (Å²) in [6, 6.07) is 16.7. The van der Waals surface area contributed by atoms with Crippen molar-refractivity contribution in [3.8, 4) is 17.2 Å². The molecule has 1 amide bonds. The van der Waals surface area contributed by atoms with E-state index in [1.165, 1.54) is 32.4 Å². The number of nitrogens with one attached hydrogen (secondary N) is 1. The van der Waals surface area contributed by atoms with Crippen LogP contribution in [-0.2, 0) is 14.8 Å². The van der Waals surface area contributed by atoms with Crippen molar-refractivity contribution < 1.29 is 27.4 Å². The molecule has 0 radical (unpaired) electrons. The minimum Gasteiger partial charge on any atom is -0.494 e. The molecule has 8 nitrogen and oxygen atoms in total. The van der Waals surface area contributed by atoms with Gasteiger partial charge in [-0.2, -0.15) is 0 Å². The van der Waals surface area contributed by atoms with Gasteiger partial charge in [0.05, 0.1) is 37.5 Å². The predicted molar refractivity (Wildman–Crippen MR) is 149 cm³/mol. The van der Waals surface area contributed by atoms with E-state index in [9.17, 15) is 13.2 Å². The molecular weight excluding hydrogens is 504 g/mol. The number of anilines is 1. The van der Waals surface area contributed by atoms with Crippen LogP contribution in [-0.4, -0.2) is 41.7 Å². The minimum atomic E-state index is -4.16. The molecule has 0 heterocycles. The van der Waals surface area contributed by atoms with E-state index in [-0.39, 0.29) is 16.7 Å². The number of sulfonamides is 1. The zero-order valence-corrected chi connectivity index (χ0v) is 23.6. The first-order valence-electron chi connectivity index (χ1n) is 12.5. The zero-order valence-electron chi connectivity index (χ0n) is 22.8. The van der Waals surface area contributed by atoms with E-state index in [0.717, 1.165) is 21.0 Å². The summed E-state index contributed by atoms with van der Waals surface area (Å²) in [4.78, 5) is 13.3. The van der Waals surface area contributed by atoms with Crippen molar-refractivity contribution >= 4 is 21.6 Å². The molecule has 0 fully saturated rings. The van der Waals surface area contributed by atoms with Crippen molar-refractivity contribution in [1.82, 2.24) is 5.32 Å². The maximum Gasteiger partial charge on any atom is 0.264 e. The molecule has 3 rings (SSSR count). The lowest BCUT2D eigenvalue weighted by molar-refractivity contribution is -0.120. The molecule has 3 aromatic carbocycles. The molecule has 0 bridgehead atoms. The van der Waals surface area contributed by atoms with E-state index in [1.807, 2.05) is 45.9 Å². The summed E-state index contributed by atoms with van der Waals surface area (Å²) in [6.07, 6.45) is 0.653. The number of rotatable bonds is 12. The molecule has 0 saturated carbocycles. The topological polar surface area (TPSA) is 94.2 Å². The molecule has 0 aliphatic heterocycles. The number of amides is 1. The number of ether oxygens (including phenoxy) is 3. The largest absolute Gasteiger partial charge is 0.494 e. The fraction of sp³-hybridized carbons (Fsp3) is 0.345. The predicted octanol–water partition coefficient (Wildman–Crippen LogP) is 5.18. The van der Waals surface area contributed by atoms with Crippen LogP contribution in [0.15, 0.2) is 65.6 Å². The Morgan fingerprint density at radius 2 is 1.58 bits per heavy atom. The summed E-state index contributed by atoms with van der Waals surface area (Å²) >= 11 is 0. The first kappa shape index (κ1) is 28.8. The molecular formula is C29H36N2O6S. The number of carbonyl (C=O) groups excluding carboxylic acids is 1. The van der Waals surface area contributed by atoms with E-state index >= 15 is 0 Å². The van der Waals surface area contributed by atoms with E-state index in [4.69, 9.17) is 14.2 Å². The second-order valence-electron chi connectivity index (χ2n) is 8.83. The number of methoxy groups -OCH3 is 2. The SMILES string of the molecule is CCOc1ccc(N(CC(=O)NC(CC)c2ccc(C)c(C)c2)S(=O)(=O)c2ccc(OC)c(OC)c2)cc1. The standard InChI is InChI=1S/C29H36N2O6S/c1-7-26(22-10-9-20(3)21(4)17-22)30-29(32)19-31(23-11-13-24(14-12-23)37-8-2)38(33,34)25-15-16-27(35-5)28(18-25)36-6/h9-18,26H,7-8,19H2,1-6H3,(H,30,32). The van der Waals surface area contributed by atoms with Gasteiger partial charge in [-0.1, -0.05) is 25.1 Å². The third kappa shape index (κ3) is 6.58. The lowest BCUT2D eigenvalue weighted by atomic mass is 9.99. The van der Waals surface area contributed by atoms with Gasteiger partial charge in [0.25, 0.3) is 10.0 Å². The lowest BCUT2D eigenvalue weighted by Gasteiger charge is -2.26. The van der Waals surface area contributed by atoms with Crippen LogP contribution >= 0.6 is 0 Å². The van der Waals surface area contributed by atoms with Gasteiger partial charge in [0.15, 0.2) is 11.5 Å². The Hall–Kier alpha value is -3.72. The van der Waals surface area contributed by atoms with Gasteiger partial charge in [-0.25, -0.2) is 8.42 Å². The van der Waals surface area contributed by atoms with Crippen molar-refractivity contribution in [2.75, 3.05) is 31.7 Å². The Balaban J connectivity index is 1.97. The minimum absolute atomic E-state index is 0.0296. The van der Waals surface area contributed by atoms with Crippen molar-refractivity contribution in [2.24, 2.45) is 0 Å². The molecule has 3 aromatic rings. The van der Waals surface area contributed by atoms with Crippen LogP contribution in [0.1, 0.15) is 43.0 Å². The van der Waals surface area contributed by atoms with Gasteiger partial charge in [-0.05, 0) is 80.3 Å². The smallest absolute Gasteiger partial charge is 0.264 e. The second-order valence-corrected chi connectivity index (χ2v) is 10.7. The highest BCUT2D eigenvalue weighted by molar-refractivity contribution is 7.92. The number of carbonyl (C=O) groups is 1. The molecule has 1 unspecified atom stereocenters. The Kier molecular flexibility index (Phi) is 9.63. The van der Waals surface area contributed by atoms with Crippen molar-refractivity contribution in [3.63, 3.8) is 0 Å². The molecule has 9 heteroatoms. The summed E-state index contributed by atoms with van der Waals surface area (Å²) < 4.78 is 44.9. The zero-order chi connectivity index (χ0) is 27.9. The van der Waals surface area contributed by atoms with Gasteiger partial charge in [0.1, 0.15) is 12.3 Å². The monoisotopic (exact) mass is 540 g/mol. The molecule has 0 aromatic heterocycles. The molecule has 204 valence electrons. The van der Waals surface area contributed by atoms with E-state index < -0.39 is 22.5 Å². The van der Waals surface area contributed by atoms with Crippen LogP contribution in [0, 0.1) is 13.8 Å². The average molecular weight is 541 g/mol. The first-order chi connectivity index (χ1) is 18.1. The molecule has 38 heavy (non-hydrogen) atoms. The summed E-state index contributed by atoms with van der Waals surface area (Å²) in [5.41, 5.74) is 3.59. The lowest BCUT2D eigenvalue weighted by Crippen LogP contribution is -2.42. The number of hydrogen-bond donors (Lipinski definition) is 1. The van der Waals surface area contributed by atoms with Crippen molar-refractivity contribution in [2.45, 2.75) is 45.1 Å². The van der Waals surface area contributed by atoms with Gasteiger partial charge < -0.3 is 19.5 Å². The van der Waals surface area contributed by atoms with Crippen LogP contribution in [0.4, 0.5) is 5.69 Å². The van der Waals surface area contributed by atoms with Crippen LogP contribution < -0.4 is 23.8 Å². The molecule has 1 atom stereocenters. The highest BCUT2D eigenvalue weighted by Crippen LogP contribution is 2.33. The quantitative estimate of drug-likeness (QED) is 0.340. The van der Waals surface area contributed by atoms with E-state index in [1.54, 1.807) is 24.3 Å². The van der Waals surface area contributed by atoms with E-state index in [0.29, 0.717) is 30.2 Å². The Labute approximate surface area is 225 Å². The van der Waals surface area contributed by atoms with Gasteiger partial charge in [-0.15, -0.1) is 0 Å². The summed E-state index contributed by atoms with van der Waals surface area (Å²) in [5, 5.41) is 3.01. The highest BCUT2D eigenvalue weighted by Gasteiger charge is 2.29. The second kappa shape index (κ2) is 12.7.